The fourth-order valence-electron chi connectivity index (χ4n) is 3.62. The second-order valence-corrected chi connectivity index (χ2v) is 6.68. The number of rotatable bonds is 6. The van der Waals surface area contributed by atoms with E-state index < -0.39 is 0 Å². The second kappa shape index (κ2) is 8.14. The quantitative estimate of drug-likeness (QED) is 0.706. The van der Waals surface area contributed by atoms with Crippen LogP contribution in [0.1, 0.15) is 64.0 Å². The zero-order valence-corrected chi connectivity index (χ0v) is 13.9. The van der Waals surface area contributed by atoms with Crippen molar-refractivity contribution in [2.45, 2.75) is 58.4 Å². The van der Waals surface area contributed by atoms with Gasteiger partial charge in [0.05, 0.1) is 0 Å². The van der Waals surface area contributed by atoms with Gasteiger partial charge in [-0.1, -0.05) is 50.8 Å². The molecule has 0 amide bonds. The van der Waals surface area contributed by atoms with Crippen LogP contribution in [0.4, 0.5) is 4.39 Å². The highest BCUT2D eigenvalue weighted by Gasteiger charge is 2.31. The number of hydrogen-bond acceptors (Lipinski definition) is 1. The molecule has 118 valence electrons. The molecule has 1 aliphatic rings. The Labute approximate surface area is 133 Å². The fraction of sp³-hybridized carbons (Fsp3) is 0.667. The third kappa shape index (κ3) is 4.20. The van der Waals surface area contributed by atoms with Crippen LogP contribution in [0, 0.1) is 17.7 Å². The number of nitrogens with one attached hydrogen (secondary N) is 1. The number of halogens is 2. The summed E-state index contributed by atoms with van der Waals surface area (Å²) in [4.78, 5) is 0. The summed E-state index contributed by atoms with van der Waals surface area (Å²) in [5.74, 6) is 1.10. The molecule has 0 radical (unpaired) electrons. The van der Waals surface area contributed by atoms with Gasteiger partial charge in [0.25, 0.3) is 0 Å². The van der Waals surface area contributed by atoms with E-state index in [9.17, 15) is 4.39 Å². The van der Waals surface area contributed by atoms with Gasteiger partial charge in [0, 0.05) is 16.6 Å². The lowest BCUT2D eigenvalue weighted by Gasteiger charge is -2.35. The van der Waals surface area contributed by atoms with E-state index in [0.717, 1.165) is 18.9 Å². The zero-order chi connectivity index (χ0) is 15.2. The van der Waals surface area contributed by atoms with Crippen LogP contribution in [-0.4, -0.2) is 6.54 Å². The Kier molecular flexibility index (Phi) is 6.50. The van der Waals surface area contributed by atoms with Crippen LogP contribution in [0.15, 0.2) is 18.2 Å². The summed E-state index contributed by atoms with van der Waals surface area (Å²) >= 11 is 6.31. The van der Waals surface area contributed by atoms with E-state index in [2.05, 4.69) is 19.2 Å². The lowest BCUT2D eigenvalue weighted by atomic mass is 9.75. The standard InChI is InChI=1S/C18H27ClFN/c1-3-11-21-18(14-8-5-7-13(4-2)12-14)17-15(19)9-6-10-16(17)20/h6,9-10,13-14,18,21H,3-5,7-8,11-12H2,1-2H3. The van der Waals surface area contributed by atoms with E-state index >= 15 is 0 Å². The Balaban J connectivity index is 2.25. The summed E-state index contributed by atoms with van der Waals surface area (Å²) in [6.45, 7) is 5.31. The first-order chi connectivity index (χ1) is 10.2. The van der Waals surface area contributed by atoms with E-state index in [1.54, 1.807) is 12.1 Å². The molecule has 1 nitrogen and oxygen atoms in total. The summed E-state index contributed by atoms with van der Waals surface area (Å²) in [5, 5.41) is 4.11. The lowest BCUT2D eigenvalue weighted by molar-refractivity contribution is 0.207. The highest BCUT2D eigenvalue weighted by atomic mass is 35.5. The van der Waals surface area contributed by atoms with E-state index in [0.29, 0.717) is 16.5 Å². The molecular formula is C18H27ClFN. The minimum atomic E-state index is -0.172. The smallest absolute Gasteiger partial charge is 0.129 e. The van der Waals surface area contributed by atoms with Gasteiger partial charge in [0.1, 0.15) is 5.82 Å². The van der Waals surface area contributed by atoms with Crippen molar-refractivity contribution in [1.29, 1.82) is 0 Å². The number of hydrogen-bond donors (Lipinski definition) is 1. The SMILES string of the molecule is CCCNC(c1c(F)cccc1Cl)C1CCCC(CC)C1. The molecule has 3 atom stereocenters. The normalized spacial score (nSPS) is 24.0. The maximum atomic E-state index is 14.3. The highest BCUT2D eigenvalue weighted by molar-refractivity contribution is 6.31. The summed E-state index contributed by atoms with van der Waals surface area (Å²) in [5.41, 5.74) is 0.675. The molecule has 1 aliphatic carbocycles. The molecule has 1 N–H and O–H groups in total. The first-order valence-corrected chi connectivity index (χ1v) is 8.72. The molecule has 3 heteroatoms. The highest BCUT2D eigenvalue weighted by Crippen LogP contribution is 2.41. The molecule has 2 rings (SSSR count). The van der Waals surface area contributed by atoms with E-state index in [-0.39, 0.29) is 11.9 Å². The molecule has 1 saturated carbocycles. The van der Waals surface area contributed by atoms with Crippen LogP contribution in [0.2, 0.25) is 5.02 Å². The molecule has 0 saturated heterocycles. The molecule has 0 heterocycles. The lowest BCUT2D eigenvalue weighted by Crippen LogP contribution is -2.33. The molecule has 21 heavy (non-hydrogen) atoms. The van der Waals surface area contributed by atoms with Crippen molar-refractivity contribution in [1.82, 2.24) is 5.32 Å². The van der Waals surface area contributed by atoms with Gasteiger partial charge in [-0.2, -0.15) is 0 Å². The maximum absolute atomic E-state index is 14.3. The maximum Gasteiger partial charge on any atom is 0.129 e. The van der Waals surface area contributed by atoms with E-state index in [1.165, 1.54) is 38.2 Å². The van der Waals surface area contributed by atoms with Crippen LogP contribution in [0.25, 0.3) is 0 Å². The molecule has 0 aliphatic heterocycles. The van der Waals surface area contributed by atoms with Crippen LogP contribution in [0.3, 0.4) is 0 Å². The molecule has 0 aromatic heterocycles. The average Bonchev–Trinajstić information content (AvgIpc) is 2.50. The van der Waals surface area contributed by atoms with Gasteiger partial charge < -0.3 is 5.32 Å². The van der Waals surface area contributed by atoms with Crippen molar-refractivity contribution in [3.8, 4) is 0 Å². The van der Waals surface area contributed by atoms with Crippen molar-refractivity contribution in [2.75, 3.05) is 6.54 Å². The molecule has 0 bridgehead atoms. The van der Waals surface area contributed by atoms with Crippen LogP contribution in [0.5, 0.6) is 0 Å². The third-order valence-corrected chi connectivity index (χ3v) is 5.13. The Morgan fingerprint density at radius 1 is 1.33 bits per heavy atom. The Hall–Kier alpha value is -0.600. The Morgan fingerprint density at radius 2 is 2.14 bits per heavy atom. The minimum absolute atomic E-state index is 0.0491. The van der Waals surface area contributed by atoms with Crippen molar-refractivity contribution >= 4 is 11.6 Å². The predicted octanol–water partition coefficient (Wildman–Crippen LogP) is 5.74. The molecule has 1 aromatic rings. The predicted molar refractivity (Wildman–Crippen MR) is 88.2 cm³/mol. The Morgan fingerprint density at radius 3 is 2.81 bits per heavy atom. The second-order valence-electron chi connectivity index (χ2n) is 6.27. The Bertz CT molecular complexity index is 429. The topological polar surface area (TPSA) is 12.0 Å². The average molecular weight is 312 g/mol. The summed E-state index contributed by atoms with van der Waals surface area (Å²) < 4.78 is 14.3. The largest absolute Gasteiger partial charge is 0.310 e. The van der Waals surface area contributed by atoms with E-state index in [1.807, 2.05) is 0 Å². The van der Waals surface area contributed by atoms with Crippen molar-refractivity contribution in [3.05, 3.63) is 34.6 Å². The van der Waals surface area contributed by atoms with Crippen molar-refractivity contribution < 1.29 is 4.39 Å². The first-order valence-electron chi connectivity index (χ1n) is 8.34. The molecule has 1 fully saturated rings. The summed E-state index contributed by atoms with van der Waals surface area (Å²) in [6.07, 6.45) is 7.19. The van der Waals surface area contributed by atoms with Gasteiger partial charge in [0.2, 0.25) is 0 Å². The van der Waals surface area contributed by atoms with Crippen LogP contribution in [-0.2, 0) is 0 Å². The molecule has 3 unspecified atom stereocenters. The minimum Gasteiger partial charge on any atom is -0.310 e. The van der Waals surface area contributed by atoms with Gasteiger partial charge in [-0.15, -0.1) is 0 Å². The molecule has 1 aromatic carbocycles. The zero-order valence-electron chi connectivity index (χ0n) is 13.2. The third-order valence-electron chi connectivity index (χ3n) is 4.80. The first kappa shape index (κ1) is 16.8. The molecular weight excluding hydrogens is 285 g/mol. The van der Waals surface area contributed by atoms with Gasteiger partial charge >= 0.3 is 0 Å². The van der Waals surface area contributed by atoms with Gasteiger partial charge in [-0.05, 0) is 49.8 Å². The van der Waals surface area contributed by atoms with Crippen molar-refractivity contribution in [2.24, 2.45) is 11.8 Å². The fourth-order valence-corrected chi connectivity index (χ4v) is 3.90. The summed E-state index contributed by atoms with van der Waals surface area (Å²) in [6, 6.07) is 5.07. The number of benzene rings is 1. The van der Waals surface area contributed by atoms with Crippen LogP contribution >= 0.6 is 11.6 Å². The van der Waals surface area contributed by atoms with Gasteiger partial charge in [-0.3, -0.25) is 0 Å². The monoisotopic (exact) mass is 311 g/mol. The van der Waals surface area contributed by atoms with Crippen LogP contribution < -0.4 is 5.32 Å². The molecule has 0 spiro atoms. The van der Waals surface area contributed by atoms with E-state index in [4.69, 9.17) is 11.6 Å². The van der Waals surface area contributed by atoms with Gasteiger partial charge in [-0.25, -0.2) is 4.39 Å². The van der Waals surface area contributed by atoms with Crippen molar-refractivity contribution in [3.63, 3.8) is 0 Å². The van der Waals surface area contributed by atoms with Gasteiger partial charge in [0.15, 0.2) is 0 Å². The summed E-state index contributed by atoms with van der Waals surface area (Å²) in [7, 11) is 0.